The van der Waals surface area contributed by atoms with Crippen molar-refractivity contribution in [3.8, 4) is 0 Å². The lowest BCUT2D eigenvalue weighted by atomic mass is 9.78. The van der Waals surface area contributed by atoms with Crippen molar-refractivity contribution in [3.05, 3.63) is 34.9 Å². The van der Waals surface area contributed by atoms with Gasteiger partial charge >= 0.3 is 0 Å². The Morgan fingerprint density at radius 3 is 2.57 bits per heavy atom. The van der Waals surface area contributed by atoms with Gasteiger partial charge in [0.25, 0.3) is 0 Å². The highest BCUT2D eigenvalue weighted by atomic mass is 16.1. The molecule has 0 unspecified atom stereocenters. The van der Waals surface area contributed by atoms with Gasteiger partial charge in [-0.2, -0.15) is 0 Å². The highest BCUT2D eigenvalue weighted by molar-refractivity contribution is 5.83. The molecule has 2 aliphatic carbocycles. The predicted molar refractivity (Wildman–Crippen MR) is 90.8 cm³/mol. The number of hydrogen-bond acceptors (Lipinski definition) is 3. The molecule has 0 heterocycles. The Hall–Kier alpha value is -1.77. The van der Waals surface area contributed by atoms with Gasteiger partial charge in [0, 0.05) is 11.3 Å². The molecule has 0 bridgehead atoms. The second kappa shape index (κ2) is 7.20. The van der Waals surface area contributed by atoms with Crippen molar-refractivity contribution in [2.75, 3.05) is 0 Å². The van der Waals surface area contributed by atoms with E-state index in [0.717, 1.165) is 38.1 Å². The molecule has 1 fully saturated rings. The topological polar surface area (TPSA) is 51.2 Å². The van der Waals surface area contributed by atoms with Crippen LogP contribution in [0.5, 0.6) is 0 Å². The molecule has 0 aromatic rings. The summed E-state index contributed by atoms with van der Waals surface area (Å²) in [7, 11) is 0. The van der Waals surface area contributed by atoms with E-state index in [0.29, 0.717) is 12.0 Å². The first-order valence-corrected chi connectivity index (χ1v) is 8.36. The quantitative estimate of drug-likeness (QED) is 0.505. The SMILES string of the molecule is CC(C)=CCC/C(C)=C/[C@@H]1C[C@]1(C=O)[C@@H]1CC=C(C=O)[C@H]1C=O. The van der Waals surface area contributed by atoms with Gasteiger partial charge in [0.05, 0.1) is 0 Å². The van der Waals surface area contributed by atoms with Crippen molar-refractivity contribution in [2.45, 2.75) is 46.5 Å². The molecular weight excluding hydrogens is 288 g/mol. The average molecular weight is 314 g/mol. The largest absolute Gasteiger partial charge is 0.303 e. The highest BCUT2D eigenvalue weighted by Gasteiger charge is 2.60. The van der Waals surface area contributed by atoms with Gasteiger partial charge in [-0.3, -0.25) is 4.79 Å². The average Bonchev–Trinajstić information content (AvgIpc) is 3.05. The zero-order valence-corrected chi connectivity index (χ0v) is 14.2. The number of allylic oxidation sites excluding steroid dienone is 6. The van der Waals surface area contributed by atoms with Crippen LogP contribution in [0.4, 0.5) is 0 Å². The molecule has 3 nitrogen and oxygen atoms in total. The van der Waals surface area contributed by atoms with E-state index in [1.165, 1.54) is 11.1 Å². The van der Waals surface area contributed by atoms with E-state index >= 15 is 0 Å². The first kappa shape index (κ1) is 17.6. The van der Waals surface area contributed by atoms with Crippen LogP contribution in [0.1, 0.15) is 46.5 Å². The van der Waals surface area contributed by atoms with Crippen LogP contribution in [0.15, 0.2) is 34.9 Å². The van der Waals surface area contributed by atoms with E-state index in [1.54, 1.807) is 0 Å². The van der Waals surface area contributed by atoms with Crippen LogP contribution >= 0.6 is 0 Å². The normalized spacial score (nSPS) is 32.9. The van der Waals surface area contributed by atoms with Gasteiger partial charge < -0.3 is 9.59 Å². The number of carbonyl (C=O) groups excluding carboxylic acids is 3. The molecular formula is C20H26O3. The second-order valence-electron chi connectivity index (χ2n) is 7.20. The Labute approximate surface area is 138 Å². The summed E-state index contributed by atoms with van der Waals surface area (Å²) in [5.41, 5.74) is 2.70. The van der Waals surface area contributed by atoms with Crippen molar-refractivity contribution in [3.63, 3.8) is 0 Å². The molecule has 23 heavy (non-hydrogen) atoms. The van der Waals surface area contributed by atoms with Crippen molar-refractivity contribution in [1.29, 1.82) is 0 Å². The number of aldehydes is 3. The number of hydrogen-bond donors (Lipinski definition) is 0. The van der Waals surface area contributed by atoms with Gasteiger partial charge in [-0.15, -0.1) is 0 Å². The standard InChI is InChI=1S/C20H26O3/c1-14(2)5-4-6-15(3)9-17-10-20(17,13-23)19-8-7-16(11-21)18(19)12-22/h5,7,9,11-13,17-19H,4,6,8,10H2,1-3H3/b15-9+/t17-,18-,19-,20-/m1/s1. The van der Waals surface area contributed by atoms with E-state index in [1.807, 2.05) is 6.08 Å². The summed E-state index contributed by atoms with van der Waals surface area (Å²) in [5.74, 6) is -0.259. The lowest BCUT2D eigenvalue weighted by Crippen LogP contribution is -2.26. The molecule has 0 aromatic carbocycles. The van der Waals surface area contributed by atoms with E-state index in [2.05, 4.69) is 32.9 Å². The molecule has 0 aromatic heterocycles. The molecule has 0 N–H and O–H groups in total. The van der Waals surface area contributed by atoms with Crippen molar-refractivity contribution < 1.29 is 14.4 Å². The molecule has 0 amide bonds. The molecule has 124 valence electrons. The minimum atomic E-state index is -0.454. The summed E-state index contributed by atoms with van der Waals surface area (Å²) < 4.78 is 0. The molecule has 0 saturated heterocycles. The summed E-state index contributed by atoms with van der Waals surface area (Å²) in [6.45, 7) is 6.29. The Morgan fingerprint density at radius 2 is 2.00 bits per heavy atom. The van der Waals surface area contributed by atoms with Gasteiger partial charge in [0.2, 0.25) is 0 Å². The van der Waals surface area contributed by atoms with Crippen LogP contribution in [0, 0.1) is 23.2 Å². The first-order valence-electron chi connectivity index (χ1n) is 8.36. The third kappa shape index (κ3) is 3.60. The summed E-state index contributed by atoms with van der Waals surface area (Å²) in [6, 6.07) is 0. The molecule has 4 atom stereocenters. The highest BCUT2D eigenvalue weighted by Crippen LogP contribution is 2.62. The Balaban J connectivity index is 2.05. The lowest BCUT2D eigenvalue weighted by Gasteiger charge is -2.22. The van der Waals surface area contributed by atoms with Crippen LogP contribution in [-0.2, 0) is 14.4 Å². The molecule has 3 heteroatoms. The van der Waals surface area contributed by atoms with Crippen molar-refractivity contribution in [1.82, 2.24) is 0 Å². The van der Waals surface area contributed by atoms with Gasteiger partial charge in [-0.05, 0) is 63.9 Å². The molecule has 2 rings (SSSR count). The van der Waals surface area contributed by atoms with Crippen molar-refractivity contribution in [2.24, 2.45) is 23.2 Å². The first-order chi connectivity index (χ1) is 11.0. The summed E-state index contributed by atoms with van der Waals surface area (Å²) in [5, 5.41) is 0. The Bertz CT molecular complexity index is 578. The molecule has 0 aliphatic heterocycles. The fourth-order valence-corrected chi connectivity index (χ4v) is 3.83. The van der Waals surface area contributed by atoms with Gasteiger partial charge in [-0.25, -0.2) is 0 Å². The van der Waals surface area contributed by atoms with Gasteiger partial charge in [-0.1, -0.05) is 29.4 Å². The number of carbonyl (C=O) groups is 3. The Kier molecular flexibility index (Phi) is 5.51. The monoisotopic (exact) mass is 314 g/mol. The maximum atomic E-state index is 11.8. The molecule has 0 radical (unpaired) electrons. The van der Waals surface area contributed by atoms with Crippen LogP contribution in [-0.4, -0.2) is 18.9 Å². The predicted octanol–water partition coefficient (Wildman–Crippen LogP) is 3.84. The van der Waals surface area contributed by atoms with E-state index in [9.17, 15) is 14.4 Å². The second-order valence-corrected chi connectivity index (χ2v) is 7.20. The zero-order chi connectivity index (χ0) is 17.0. The van der Waals surface area contributed by atoms with E-state index < -0.39 is 11.3 Å². The summed E-state index contributed by atoms with van der Waals surface area (Å²) >= 11 is 0. The maximum absolute atomic E-state index is 11.8. The summed E-state index contributed by atoms with van der Waals surface area (Å²) in [6.07, 6.45) is 12.3. The van der Waals surface area contributed by atoms with Crippen LogP contribution in [0.2, 0.25) is 0 Å². The maximum Gasteiger partial charge on any atom is 0.146 e. The van der Waals surface area contributed by atoms with Crippen LogP contribution in [0.3, 0.4) is 0 Å². The van der Waals surface area contributed by atoms with Gasteiger partial charge in [0.1, 0.15) is 18.9 Å². The number of rotatable bonds is 8. The lowest BCUT2D eigenvalue weighted by molar-refractivity contribution is -0.118. The fraction of sp³-hybridized carbons (Fsp3) is 0.550. The minimum absolute atomic E-state index is 0.0514. The van der Waals surface area contributed by atoms with Crippen LogP contribution < -0.4 is 0 Å². The third-order valence-electron chi connectivity index (χ3n) is 5.30. The third-order valence-corrected chi connectivity index (χ3v) is 5.30. The van der Waals surface area contributed by atoms with E-state index in [4.69, 9.17) is 0 Å². The van der Waals surface area contributed by atoms with Crippen LogP contribution in [0.25, 0.3) is 0 Å². The molecule has 1 saturated carbocycles. The minimum Gasteiger partial charge on any atom is -0.303 e. The Morgan fingerprint density at radius 1 is 1.26 bits per heavy atom. The zero-order valence-electron chi connectivity index (χ0n) is 14.2. The van der Waals surface area contributed by atoms with Gasteiger partial charge in [0.15, 0.2) is 0 Å². The molecule has 0 spiro atoms. The fourth-order valence-electron chi connectivity index (χ4n) is 3.83. The summed E-state index contributed by atoms with van der Waals surface area (Å²) in [4.78, 5) is 34.2. The van der Waals surface area contributed by atoms with E-state index in [-0.39, 0.29) is 11.8 Å². The smallest absolute Gasteiger partial charge is 0.146 e. The molecule has 2 aliphatic rings. The van der Waals surface area contributed by atoms with Crippen molar-refractivity contribution >= 4 is 18.9 Å².